The Morgan fingerprint density at radius 2 is 1.41 bits per heavy atom. The molecule has 0 aromatic rings. The van der Waals surface area contributed by atoms with Crippen molar-refractivity contribution < 1.29 is 4.74 Å². The van der Waals surface area contributed by atoms with E-state index >= 15 is 0 Å². The summed E-state index contributed by atoms with van der Waals surface area (Å²) >= 11 is 0. The summed E-state index contributed by atoms with van der Waals surface area (Å²) in [6.45, 7) is 5.29. The average molecular weight is 307 g/mol. The quantitative estimate of drug-likeness (QED) is 0.463. The molecule has 0 aromatic heterocycles. The monoisotopic (exact) mass is 306 g/mol. The van der Waals surface area contributed by atoms with Gasteiger partial charge in [-0.3, -0.25) is 0 Å². The lowest BCUT2D eigenvalue weighted by Crippen LogP contribution is -2.22. The van der Waals surface area contributed by atoms with Gasteiger partial charge in [0.1, 0.15) is 0 Å². The van der Waals surface area contributed by atoms with Gasteiger partial charge >= 0.3 is 0 Å². The van der Waals surface area contributed by atoms with Gasteiger partial charge in [-0.25, -0.2) is 0 Å². The van der Waals surface area contributed by atoms with Crippen molar-refractivity contribution in [2.24, 2.45) is 17.8 Å². The molecule has 2 aliphatic carbocycles. The molecule has 0 heterocycles. The molecular formula is C21H38O. The van der Waals surface area contributed by atoms with E-state index in [1.54, 1.807) is 0 Å². The van der Waals surface area contributed by atoms with Crippen LogP contribution in [0, 0.1) is 17.8 Å². The van der Waals surface area contributed by atoms with Crippen molar-refractivity contribution in [3.05, 3.63) is 12.2 Å². The Bertz CT molecular complexity index is 293. The Labute approximate surface area is 138 Å². The second-order valence-electron chi connectivity index (χ2n) is 7.67. The van der Waals surface area contributed by atoms with Gasteiger partial charge in [0.15, 0.2) is 0 Å². The Morgan fingerprint density at radius 1 is 0.818 bits per heavy atom. The highest BCUT2D eigenvalue weighted by Crippen LogP contribution is 2.36. The summed E-state index contributed by atoms with van der Waals surface area (Å²) in [5, 5.41) is 0. The summed E-state index contributed by atoms with van der Waals surface area (Å²) in [5.41, 5.74) is 0. The summed E-state index contributed by atoms with van der Waals surface area (Å²) in [5.74, 6) is 2.92. The zero-order valence-corrected chi connectivity index (χ0v) is 15.1. The number of hydrogen-bond donors (Lipinski definition) is 0. The molecule has 2 aliphatic rings. The minimum absolute atomic E-state index is 0.576. The minimum Gasteiger partial charge on any atom is -0.379 e. The SMILES string of the molecule is CCC/C=C/[C@H]1CC[C@H](CC[C@H]2CC[C@H](OCC)CC2)CC1. The molecule has 2 rings (SSSR count). The molecule has 0 saturated heterocycles. The fraction of sp³-hybridized carbons (Fsp3) is 0.905. The zero-order chi connectivity index (χ0) is 15.6. The van der Waals surface area contributed by atoms with Crippen LogP contribution in [0.1, 0.15) is 90.9 Å². The normalized spacial score (nSPS) is 33.4. The third-order valence-electron chi connectivity index (χ3n) is 5.93. The van der Waals surface area contributed by atoms with Gasteiger partial charge in [0.2, 0.25) is 0 Å². The molecule has 0 N–H and O–H groups in total. The molecule has 2 fully saturated rings. The Hall–Kier alpha value is -0.300. The van der Waals surface area contributed by atoms with E-state index in [0.29, 0.717) is 6.10 Å². The summed E-state index contributed by atoms with van der Waals surface area (Å²) < 4.78 is 5.77. The fourth-order valence-corrected chi connectivity index (χ4v) is 4.42. The number of allylic oxidation sites excluding steroid dienone is 2. The number of hydrogen-bond acceptors (Lipinski definition) is 1. The van der Waals surface area contributed by atoms with Crippen LogP contribution in [-0.2, 0) is 4.74 Å². The van der Waals surface area contributed by atoms with Gasteiger partial charge < -0.3 is 4.74 Å². The predicted molar refractivity (Wildman–Crippen MR) is 96.1 cm³/mol. The molecular weight excluding hydrogens is 268 g/mol. The van der Waals surface area contributed by atoms with Crippen LogP contribution in [0.15, 0.2) is 12.2 Å². The van der Waals surface area contributed by atoms with Crippen LogP contribution >= 0.6 is 0 Å². The Balaban J connectivity index is 1.55. The molecule has 0 atom stereocenters. The van der Waals surface area contributed by atoms with Crippen molar-refractivity contribution in [1.29, 1.82) is 0 Å². The van der Waals surface area contributed by atoms with Gasteiger partial charge in [-0.15, -0.1) is 0 Å². The number of ether oxygens (including phenoxy) is 1. The third kappa shape index (κ3) is 6.44. The van der Waals surface area contributed by atoms with Crippen LogP contribution in [0.5, 0.6) is 0 Å². The first-order valence-corrected chi connectivity index (χ1v) is 10.1. The second-order valence-corrected chi connectivity index (χ2v) is 7.67. The lowest BCUT2D eigenvalue weighted by atomic mass is 9.77. The largest absolute Gasteiger partial charge is 0.379 e. The van der Waals surface area contributed by atoms with Crippen molar-refractivity contribution in [3.63, 3.8) is 0 Å². The molecule has 0 aromatic carbocycles. The van der Waals surface area contributed by atoms with Gasteiger partial charge in [0, 0.05) is 6.61 Å². The van der Waals surface area contributed by atoms with Gasteiger partial charge in [-0.2, -0.15) is 0 Å². The summed E-state index contributed by atoms with van der Waals surface area (Å²) in [4.78, 5) is 0. The molecule has 0 bridgehead atoms. The van der Waals surface area contributed by atoms with Gasteiger partial charge in [0.05, 0.1) is 6.10 Å². The van der Waals surface area contributed by atoms with Crippen LogP contribution in [-0.4, -0.2) is 12.7 Å². The highest BCUT2D eigenvalue weighted by atomic mass is 16.5. The van der Waals surface area contributed by atoms with Crippen LogP contribution in [0.2, 0.25) is 0 Å². The highest BCUT2D eigenvalue weighted by molar-refractivity contribution is 4.91. The zero-order valence-electron chi connectivity index (χ0n) is 15.1. The lowest BCUT2D eigenvalue weighted by molar-refractivity contribution is 0.0239. The van der Waals surface area contributed by atoms with Crippen molar-refractivity contribution in [2.45, 2.75) is 97.0 Å². The van der Waals surface area contributed by atoms with Crippen molar-refractivity contribution in [1.82, 2.24) is 0 Å². The van der Waals surface area contributed by atoms with Gasteiger partial charge in [0.25, 0.3) is 0 Å². The van der Waals surface area contributed by atoms with E-state index in [1.807, 2.05) is 0 Å². The maximum Gasteiger partial charge on any atom is 0.0575 e. The number of rotatable bonds is 8. The summed E-state index contributed by atoms with van der Waals surface area (Å²) in [6.07, 6.45) is 22.4. The van der Waals surface area contributed by atoms with Crippen molar-refractivity contribution in [2.75, 3.05) is 6.61 Å². The molecule has 128 valence electrons. The third-order valence-corrected chi connectivity index (χ3v) is 5.93. The van der Waals surface area contributed by atoms with Crippen LogP contribution in [0.4, 0.5) is 0 Å². The predicted octanol–water partition coefficient (Wildman–Crippen LogP) is 6.52. The van der Waals surface area contributed by atoms with E-state index in [1.165, 1.54) is 77.0 Å². The van der Waals surface area contributed by atoms with Crippen molar-refractivity contribution >= 4 is 0 Å². The van der Waals surface area contributed by atoms with Gasteiger partial charge in [-0.1, -0.05) is 38.3 Å². The Morgan fingerprint density at radius 3 is 1.95 bits per heavy atom. The van der Waals surface area contributed by atoms with Crippen LogP contribution in [0.25, 0.3) is 0 Å². The van der Waals surface area contributed by atoms with E-state index in [4.69, 9.17) is 4.74 Å². The maximum absolute atomic E-state index is 5.77. The van der Waals surface area contributed by atoms with Crippen LogP contribution < -0.4 is 0 Å². The molecule has 1 nitrogen and oxygen atoms in total. The van der Waals surface area contributed by atoms with E-state index < -0.39 is 0 Å². The topological polar surface area (TPSA) is 9.23 Å². The molecule has 0 unspecified atom stereocenters. The first-order chi connectivity index (χ1) is 10.8. The maximum atomic E-state index is 5.77. The summed E-state index contributed by atoms with van der Waals surface area (Å²) in [6, 6.07) is 0. The van der Waals surface area contributed by atoms with Gasteiger partial charge in [-0.05, 0) is 82.5 Å². The van der Waals surface area contributed by atoms with E-state index in [-0.39, 0.29) is 0 Å². The Kier molecular flexibility index (Phi) is 8.59. The first kappa shape index (κ1) is 18.0. The molecule has 0 amide bonds. The second kappa shape index (κ2) is 10.5. The lowest BCUT2D eigenvalue weighted by Gasteiger charge is -2.31. The van der Waals surface area contributed by atoms with E-state index in [0.717, 1.165) is 24.4 Å². The van der Waals surface area contributed by atoms with Crippen LogP contribution in [0.3, 0.4) is 0 Å². The molecule has 22 heavy (non-hydrogen) atoms. The molecule has 0 radical (unpaired) electrons. The minimum atomic E-state index is 0.576. The molecule has 0 aliphatic heterocycles. The first-order valence-electron chi connectivity index (χ1n) is 10.1. The number of unbranched alkanes of at least 4 members (excludes halogenated alkanes) is 1. The fourth-order valence-electron chi connectivity index (χ4n) is 4.42. The highest BCUT2D eigenvalue weighted by Gasteiger charge is 2.24. The van der Waals surface area contributed by atoms with E-state index in [9.17, 15) is 0 Å². The standard InChI is InChI=1S/C21H38O/c1-3-5-6-7-18-8-10-19(11-9-18)12-13-20-14-16-21(17-15-20)22-4-2/h6-7,18-21H,3-5,8-17H2,1-2H3/b7-6+/t18-,19-,20-,21-. The summed E-state index contributed by atoms with van der Waals surface area (Å²) in [7, 11) is 0. The smallest absolute Gasteiger partial charge is 0.0575 e. The van der Waals surface area contributed by atoms with Crippen molar-refractivity contribution in [3.8, 4) is 0 Å². The molecule has 2 saturated carbocycles. The molecule has 0 spiro atoms. The van der Waals surface area contributed by atoms with E-state index in [2.05, 4.69) is 26.0 Å². The average Bonchev–Trinajstić information content (AvgIpc) is 2.56. The molecule has 1 heteroatoms.